The van der Waals surface area contributed by atoms with Gasteiger partial charge in [0.05, 0.1) is 12.2 Å². The number of hydrogen-bond donors (Lipinski definition) is 0. The fraction of sp³-hybridized carbons (Fsp3) is 1.00. The van der Waals surface area contributed by atoms with Crippen LogP contribution in [0.2, 0.25) is 0 Å². The van der Waals surface area contributed by atoms with Gasteiger partial charge in [-0.3, -0.25) is 0 Å². The lowest BCUT2D eigenvalue weighted by Crippen LogP contribution is -2.47. The van der Waals surface area contributed by atoms with Crippen molar-refractivity contribution in [3.05, 3.63) is 0 Å². The van der Waals surface area contributed by atoms with Crippen LogP contribution in [-0.4, -0.2) is 25.9 Å². The van der Waals surface area contributed by atoms with E-state index in [0.717, 1.165) is 30.8 Å². The molecule has 0 aromatic carbocycles. The number of fused-ring (bicyclic) bond motifs is 5. The fourth-order valence-corrected chi connectivity index (χ4v) is 5.97. The molecule has 2 heteroatoms. The molecule has 6 atom stereocenters. The first-order valence-electron chi connectivity index (χ1n) is 8.41. The normalized spacial score (nSPS) is 43.4. The van der Waals surface area contributed by atoms with Crippen molar-refractivity contribution >= 4 is 0 Å². The average Bonchev–Trinajstić information content (AvgIpc) is 3.10. The van der Waals surface area contributed by atoms with Crippen molar-refractivity contribution in [1.29, 1.82) is 0 Å². The van der Waals surface area contributed by atoms with Crippen molar-refractivity contribution in [2.45, 2.75) is 71.0 Å². The Morgan fingerprint density at radius 1 is 1.21 bits per heavy atom. The second-order valence-corrected chi connectivity index (χ2v) is 7.00. The second kappa shape index (κ2) is 5.37. The van der Waals surface area contributed by atoms with Gasteiger partial charge in [-0.25, -0.2) is 0 Å². The molecule has 3 aliphatic carbocycles. The number of methoxy groups -OCH3 is 1. The van der Waals surface area contributed by atoms with E-state index in [9.17, 15) is 0 Å². The maximum Gasteiger partial charge on any atom is 0.0891 e. The van der Waals surface area contributed by atoms with Crippen molar-refractivity contribution in [2.75, 3.05) is 13.7 Å². The molecule has 3 rings (SSSR count). The SMILES string of the molecule is CCOC(CC)C(OC)C12CCC(C1)C1CCCC12. The zero-order valence-corrected chi connectivity index (χ0v) is 12.9. The Balaban J connectivity index is 1.85. The molecular formula is C17H30O2. The van der Waals surface area contributed by atoms with E-state index >= 15 is 0 Å². The van der Waals surface area contributed by atoms with Crippen molar-refractivity contribution in [1.82, 2.24) is 0 Å². The third-order valence-corrected chi connectivity index (χ3v) is 6.48. The number of ether oxygens (including phenoxy) is 2. The maximum absolute atomic E-state index is 6.04. The van der Waals surface area contributed by atoms with E-state index in [1.54, 1.807) is 0 Å². The van der Waals surface area contributed by atoms with Gasteiger partial charge >= 0.3 is 0 Å². The highest BCUT2D eigenvalue weighted by Crippen LogP contribution is 2.67. The first-order chi connectivity index (χ1) is 9.26. The van der Waals surface area contributed by atoms with Gasteiger partial charge in [0.1, 0.15) is 0 Å². The summed E-state index contributed by atoms with van der Waals surface area (Å²) in [5, 5.41) is 0. The van der Waals surface area contributed by atoms with Gasteiger partial charge in [-0.2, -0.15) is 0 Å². The molecule has 3 saturated carbocycles. The second-order valence-electron chi connectivity index (χ2n) is 7.00. The van der Waals surface area contributed by atoms with Crippen molar-refractivity contribution in [3.63, 3.8) is 0 Å². The summed E-state index contributed by atoms with van der Waals surface area (Å²) in [5.74, 6) is 2.96. The van der Waals surface area contributed by atoms with Gasteiger partial charge in [0.25, 0.3) is 0 Å². The van der Waals surface area contributed by atoms with Gasteiger partial charge in [0, 0.05) is 19.1 Å². The Bertz CT molecular complexity index is 316. The van der Waals surface area contributed by atoms with Crippen LogP contribution in [0.3, 0.4) is 0 Å². The van der Waals surface area contributed by atoms with Crippen LogP contribution >= 0.6 is 0 Å². The van der Waals surface area contributed by atoms with E-state index in [4.69, 9.17) is 9.47 Å². The van der Waals surface area contributed by atoms with Crippen LogP contribution in [0.4, 0.5) is 0 Å². The van der Waals surface area contributed by atoms with E-state index in [0.29, 0.717) is 17.6 Å². The van der Waals surface area contributed by atoms with Gasteiger partial charge in [-0.05, 0) is 63.2 Å². The smallest absolute Gasteiger partial charge is 0.0891 e. The molecule has 0 N–H and O–H groups in total. The first kappa shape index (κ1) is 13.9. The molecule has 0 aromatic heterocycles. The molecule has 3 aliphatic rings. The average molecular weight is 266 g/mol. The van der Waals surface area contributed by atoms with Crippen molar-refractivity contribution < 1.29 is 9.47 Å². The highest BCUT2D eigenvalue weighted by Gasteiger charge is 2.62. The van der Waals surface area contributed by atoms with E-state index < -0.39 is 0 Å². The van der Waals surface area contributed by atoms with Gasteiger partial charge in [0.15, 0.2) is 0 Å². The summed E-state index contributed by atoms with van der Waals surface area (Å²) in [5.41, 5.74) is 0.455. The largest absolute Gasteiger partial charge is 0.378 e. The molecule has 0 spiro atoms. The molecule has 0 saturated heterocycles. The molecule has 110 valence electrons. The molecule has 19 heavy (non-hydrogen) atoms. The fourth-order valence-electron chi connectivity index (χ4n) is 5.97. The van der Waals surface area contributed by atoms with E-state index in [1.165, 1.54) is 38.5 Å². The quantitative estimate of drug-likeness (QED) is 0.722. The molecule has 0 radical (unpaired) electrons. The van der Waals surface area contributed by atoms with E-state index in [2.05, 4.69) is 13.8 Å². The zero-order chi connectivity index (χ0) is 13.5. The minimum absolute atomic E-state index is 0.299. The number of rotatable bonds is 6. The Morgan fingerprint density at radius 3 is 2.74 bits per heavy atom. The summed E-state index contributed by atoms with van der Waals surface area (Å²) in [6.45, 7) is 5.17. The van der Waals surface area contributed by atoms with Crippen molar-refractivity contribution in [3.8, 4) is 0 Å². The van der Waals surface area contributed by atoms with Crippen LogP contribution < -0.4 is 0 Å². The molecule has 0 aromatic rings. The maximum atomic E-state index is 6.04. The van der Waals surface area contributed by atoms with Crippen LogP contribution in [0.5, 0.6) is 0 Å². The monoisotopic (exact) mass is 266 g/mol. The predicted octanol–water partition coefficient (Wildman–Crippen LogP) is 4.03. The summed E-state index contributed by atoms with van der Waals surface area (Å²) in [6.07, 6.45) is 10.4. The molecular weight excluding hydrogens is 236 g/mol. The molecule has 2 nitrogen and oxygen atoms in total. The van der Waals surface area contributed by atoms with Crippen LogP contribution in [0, 0.1) is 23.2 Å². The summed E-state index contributed by atoms with van der Waals surface area (Å²) in [7, 11) is 1.91. The zero-order valence-electron chi connectivity index (χ0n) is 12.9. The summed E-state index contributed by atoms with van der Waals surface area (Å²) < 4.78 is 12.1. The summed E-state index contributed by atoms with van der Waals surface area (Å²) in [4.78, 5) is 0. The summed E-state index contributed by atoms with van der Waals surface area (Å²) >= 11 is 0. The van der Waals surface area contributed by atoms with Gasteiger partial charge in [0.2, 0.25) is 0 Å². The summed E-state index contributed by atoms with van der Waals surface area (Å²) in [6, 6.07) is 0. The predicted molar refractivity (Wildman–Crippen MR) is 77.1 cm³/mol. The molecule has 0 heterocycles. The lowest BCUT2D eigenvalue weighted by molar-refractivity contribution is -0.129. The Morgan fingerprint density at radius 2 is 2.05 bits per heavy atom. The van der Waals surface area contributed by atoms with Gasteiger partial charge < -0.3 is 9.47 Å². The lowest BCUT2D eigenvalue weighted by Gasteiger charge is -2.44. The Hall–Kier alpha value is -0.0800. The number of hydrogen-bond acceptors (Lipinski definition) is 2. The van der Waals surface area contributed by atoms with E-state index in [1.807, 2.05) is 7.11 Å². The highest BCUT2D eigenvalue weighted by molar-refractivity contribution is 5.12. The topological polar surface area (TPSA) is 18.5 Å². The first-order valence-corrected chi connectivity index (χ1v) is 8.41. The minimum atomic E-state index is 0.299. The van der Waals surface area contributed by atoms with Crippen molar-refractivity contribution in [2.24, 2.45) is 23.2 Å². The highest BCUT2D eigenvalue weighted by atomic mass is 16.5. The third-order valence-electron chi connectivity index (χ3n) is 6.48. The molecule has 3 fully saturated rings. The Kier molecular flexibility index (Phi) is 3.92. The van der Waals surface area contributed by atoms with Crippen LogP contribution in [-0.2, 0) is 9.47 Å². The van der Waals surface area contributed by atoms with Crippen LogP contribution in [0.15, 0.2) is 0 Å². The van der Waals surface area contributed by atoms with E-state index in [-0.39, 0.29) is 0 Å². The minimum Gasteiger partial charge on any atom is -0.378 e. The Labute approximate surface area is 118 Å². The molecule has 6 unspecified atom stereocenters. The van der Waals surface area contributed by atoms with Gasteiger partial charge in [-0.15, -0.1) is 0 Å². The molecule has 0 aliphatic heterocycles. The van der Waals surface area contributed by atoms with Gasteiger partial charge in [-0.1, -0.05) is 13.3 Å². The lowest BCUT2D eigenvalue weighted by atomic mass is 9.67. The third kappa shape index (κ3) is 1.98. The van der Waals surface area contributed by atoms with Crippen LogP contribution in [0.25, 0.3) is 0 Å². The van der Waals surface area contributed by atoms with Crippen LogP contribution in [0.1, 0.15) is 58.8 Å². The molecule has 2 bridgehead atoms. The standard InChI is InChI=1S/C17H30O2/c1-4-15(19-5-2)16(18-3)17-10-9-12(11-17)13-7-6-8-14(13)17/h12-16H,4-11H2,1-3H3. The molecule has 0 amide bonds.